The van der Waals surface area contributed by atoms with Gasteiger partial charge in [0, 0.05) is 45.9 Å². The van der Waals surface area contributed by atoms with Gasteiger partial charge < -0.3 is 9.64 Å². The fraction of sp³-hybridized carbons (Fsp3) is 0.857. The predicted molar refractivity (Wildman–Crippen MR) is 37.0 cm³/mol. The first kappa shape index (κ1) is 11.0. The van der Waals surface area contributed by atoms with E-state index in [0.717, 1.165) is 13.2 Å². The van der Waals surface area contributed by atoms with Crippen LogP contribution in [0.3, 0.4) is 0 Å². The van der Waals surface area contributed by atoms with Gasteiger partial charge in [0.25, 0.3) is 0 Å². The Hall–Kier alpha value is 1.02. The minimum atomic E-state index is 0. The Morgan fingerprint density at radius 2 is 2.40 bits per heavy atom. The third-order valence-electron chi connectivity index (χ3n) is 1.86. The van der Waals surface area contributed by atoms with Crippen LogP contribution in [-0.2, 0) is 37.4 Å². The van der Waals surface area contributed by atoms with Gasteiger partial charge in [0.05, 0.1) is 6.61 Å². The molecule has 1 aliphatic heterocycles. The van der Waals surface area contributed by atoms with Crippen LogP contribution in [0.4, 0.5) is 0 Å². The summed E-state index contributed by atoms with van der Waals surface area (Å²) in [5.74, 6) is 0. The van der Waals surface area contributed by atoms with E-state index < -0.39 is 0 Å². The topological polar surface area (TPSA) is 12.5 Å². The van der Waals surface area contributed by atoms with Crippen LogP contribution in [0.5, 0.6) is 0 Å². The first-order valence-electron chi connectivity index (χ1n) is 3.40. The van der Waals surface area contributed by atoms with Gasteiger partial charge in [0.15, 0.2) is 0 Å². The Morgan fingerprint density at radius 1 is 1.70 bits per heavy atom. The zero-order valence-corrected chi connectivity index (χ0v) is 9.38. The molecule has 1 rings (SSSR count). The van der Waals surface area contributed by atoms with E-state index in [2.05, 4.69) is 11.9 Å². The molecule has 0 N–H and O–H groups in total. The Balaban J connectivity index is 0.000000810. The van der Waals surface area contributed by atoms with Crippen molar-refractivity contribution in [3.8, 4) is 0 Å². The summed E-state index contributed by atoms with van der Waals surface area (Å²) in [6, 6.07) is 0.579. The van der Waals surface area contributed by atoms with E-state index in [0.29, 0.717) is 6.04 Å². The van der Waals surface area contributed by atoms with E-state index in [1.807, 2.05) is 0 Å². The second-order valence-corrected chi connectivity index (χ2v) is 2.56. The van der Waals surface area contributed by atoms with Crippen LogP contribution < -0.4 is 0 Å². The minimum absolute atomic E-state index is 0. The average Bonchev–Trinajstić information content (AvgIpc) is 2.18. The molecule has 1 aliphatic rings. The monoisotopic (exact) mass is 217 g/mol. The summed E-state index contributed by atoms with van der Waals surface area (Å²) in [4.78, 5) is 2.11. The summed E-state index contributed by atoms with van der Waals surface area (Å²) < 4.78 is 5.01. The van der Waals surface area contributed by atoms with Crippen molar-refractivity contribution < 1.29 is 37.4 Å². The van der Waals surface area contributed by atoms with Crippen LogP contribution in [0, 0.1) is 7.05 Å². The summed E-state index contributed by atoms with van der Waals surface area (Å²) in [7, 11) is 5.63. The van der Waals surface area contributed by atoms with Crippen molar-refractivity contribution in [3.63, 3.8) is 0 Å². The number of hydrogen-bond donors (Lipinski definition) is 0. The molecule has 0 aromatic rings. The van der Waals surface area contributed by atoms with Crippen LogP contribution in [0.1, 0.15) is 12.8 Å². The molecule has 0 spiro atoms. The fourth-order valence-electron chi connectivity index (χ4n) is 1.28. The van der Waals surface area contributed by atoms with Crippen LogP contribution in [-0.4, -0.2) is 31.2 Å². The van der Waals surface area contributed by atoms with Gasteiger partial charge in [-0.1, -0.05) is 0 Å². The summed E-state index contributed by atoms with van der Waals surface area (Å²) >= 11 is 0. The molecule has 10 heavy (non-hydrogen) atoms. The third-order valence-corrected chi connectivity index (χ3v) is 1.86. The zero-order valence-electron chi connectivity index (χ0n) is 6.55. The molecule has 1 saturated heterocycles. The van der Waals surface area contributed by atoms with Crippen LogP contribution in [0.15, 0.2) is 0 Å². The van der Waals surface area contributed by atoms with Crippen molar-refractivity contribution in [1.29, 1.82) is 0 Å². The van der Waals surface area contributed by atoms with Gasteiger partial charge in [0.1, 0.15) is 0 Å². The summed E-state index contributed by atoms with van der Waals surface area (Å²) in [6.45, 7) is 1.97. The van der Waals surface area contributed by atoms with E-state index in [9.17, 15) is 0 Å². The Bertz CT molecular complexity index is 89.7. The first-order valence-corrected chi connectivity index (χ1v) is 3.40. The zero-order chi connectivity index (χ0) is 6.69. The SMILES string of the molecule is [CH2-]N1CCCC1COC.[Y]. The number of likely N-dealkylation sites (tertiary alicyclic amines) is 1. The van der Waals surface area contributed by atoms with Crippen molar-refractivity contribution in [2.75, 3.05) is 20.3 Å². The standard InChI is InChI=1S/C7H14NO.Y/c1-8-5-3-4-7(8)6-9-2;/h7H,1,3-6H2,2H3;/q-1;. The summed E-state index contributed by atoms with van der Waals surface area (Å²) in [6.07, 6.45) is 2.52. The molecule has 0 aromatic heterocycles. The maximum Gasteiger partial charge on any atom is 0.0594 e. The van der Waals surface area contributed by atoms with E-state index in [-0.39, 0.29) is 32.7 Å². The molecule has 57 valence electrons. The predicted octanol–water partition coefficient (Wildman–Crippen LogP) is 0.886. The largest absolute Gasteiger partial charge is 0.455 e. The van der Waals surface area contributed by atoms with Gasteiger partial charge in [-0.15, -0.1) is 0 Å². The molecule has 1 radical (unpaired) electrons. The van der Waals surface area contributed by atoms with Gasteiger partial charge in [-0.25, -0.2) is 0 Å². The summed E-state index contributed by atoms with van der Waals surface area (Å²) in [5, 5.41) is 0. The van der Waals surface area contributed by atoms with E-state index in [4.69, 9.17) is 4.74 Å². The maximum absolute atomic E-state index is 5.01. The molecule has 0 aliphatic carbocycles. The molecule has 1 fully saturated rings. The molecule has 0 saturated carbocycles. The van der Waals surface area contributed by atoms with E-state index >= 15 is 0 Å². The minimum Gasteiger partial charge on any atom is -0.455 e. The second-order valence-electron chi connectivity index (χ2n) is 2.56. The Labute approximate surface area is 88.2 Å². The van der Waals surface area contributed by atoms with Crippen molar-refractivity contribution in [2.45, 2.75) is 18.9 Å². The van der Waals surface area contributed by atoms with Crippen LogP contribution in [0.2, 0.25) is 0 Å². The normalized spacial score (nSPS) is 26.4. The number of ether oxygens (including phenoxy) is 1. The van der Waals surface area contributed by atoms with Crippen LogP contribution in [0.25, 0.3) is 0 Å². The summed E-state index contributed by atoms with van der Waals surface area (Å²) in [5.41, 5.74) is 0. The first-order chi connectivity index (χ1) is 4.34. The van der Waals surface area contributed by atoms with Crippen molar-refractivity contribution >= 4 is 0 Å². The fourth-order valence-corrected chi connectivity index (χ4v) is 1.28. The number of methoxy groups -OCH3 is 1. The maximum atomic E-state index is 5.01. The molecule has 1 heterocycles. The van der Waals surface area contributed by atoms with Crippen molar-refractivity contribution in [2.24, 2.45) is 0 Å². The number of hydrogen-bond acceptors (Lipinski definition) is 2. The molecular formula is C7H14NOY-. The van der Waals surface area contributed by atoms with Gasteiger partial charge in [-0.05, 0) is 19.4 Å². The third kappa shape index (κ3) is 2.95. The Morgan fingerprint density at radius 3 is 2.80 bits per heavy atom. The second kappa shape index (κ2) is 5.65. The number of nitrogens with zero attached hydrogens (tertiary/aromatic N) is 1. The van der Waals surface area contributed by atoms with E-state index in [1.54, 1.807) is 7.11 Å². The van der Waals surface area contributed by atoms with Gasteiger partial charge in [-0.2, -0.15) is 0 Å². The molecule has 1 atom stereocenters. The molecule has 0 bridgehead atoms. The molecule has 0 amide bonds. The molecule has 1 unspecified atom stereocenters. The molecule has 0 aromatic carbocycles. The Kier molecular flexibility index (Phi) is 6.22. The molecule has 2 nitrogen and oxygen atoms in total. The smallest absolute Gasteiger partial charge is 0.0594 e. The number of rotatable bonds is 2. The van der Waals surface area contributed by atoms with Crippen molar-refractivity contribution in [3.05, 3.63) is 7.05 Å². The quantitative estimate of drug-likeness (QED) is 0.637. The van der Waals surface area contributed by atoms with Gasteiger partial charge in [-0.3, -0.25) is 7.05 Å². The van der Waals surface area contributed by atoms with Crippen molar-refractivity contribution in [1.82, 2.24) is 4.90 Å². The van der Waals surface area contributed by atoms with Gasteiger partial charge >= 0.3 is 0 Å². The molecular weight excluding hydrogens is 203 g/mol. The van der Waals surface area contributed by atoms with Gasteiger partial charge in [0.2, 0.25) is 0 Å². The average molecular weight is 217 g/mol. The van der Waals surface area contributed by atoms with Crippen LogP contribution >= 0.6 is 0 Å². The molecule has 3 heteroatoms. The van der Waals surface area contributed by atoms with E-state index in [1.165, 1.54) is 12.8 Å².